The summed E-state index contributed by atoms with van der Waals surface area (Å²) in [7, 11) is -2.01. The maximum Gasteiger partial charge on any atom is 0.244 e. The molecule has 1 aliphatic rings. The number of rotatable bonds is 6. The Kier molecular flexibility index (Phi) is 5.43. The Morgan fingerprint density at radius 2 is 2.33 bits per heavy atom. The number of sulfonamides is 1. The van der Waals surface area contributed by atoms with E-state index in [4.69, 9.17) is 16.3 Å². The summed E-state index contributed by atoms with van der Waals surface area (Å²) in [6, 6.07) is 1.43. The summed E-state index contributed by atoms with van der Waals surface area (Å²) >= 11 is 6.06. The Bertz CT molecular complexity index is 588. The van der Waals surface area contributed by atoms with Gasteiger partial charge in [-0.1, -0.05) is 11.6 Å². The number of pyridine rings is 1. The number of hydrogen-bond donors (Lipinski definition) is 1. The topological polar surface area (TPSA) is 71.5 Å². The van der Waals surface area contributed by atoms with Crippen LogP contribution in [0.4, 0.5) is 5.82 Å². The van der Waals surface area contributed by atoms with Gasteiger partial charge in [-0.05, 0) is 25.3 Å². The molecule has 1 N–H and O–H groups in total. The third-order valence-electron chi connectivity index (χ3n) is 3.41. The Morgan fingerprint density at radius 1 is 1.57 bits per heavy atom. The van der Waals surface area contributed by atoms with Crippen LogP contribution in [0.15, 0.2) is 17.2 Å². The van der Waals surface area contributed by atoms with Crippen LogP contribution in [0.3, 0.4) is 0 Å². The predicted octanol–water partition coefficient (Wildman–Crippen LogP) is 1.82. The molecule has 0 aliphatic carbocycles. The van der Waals surface area contributed by atoms with Crippen LogP contribution >= 0.6 is 11.6 Å². The predicted molar refractivity (Wildman–Crippen MR) is 82.2 cm³/mol. The van der Waals surface area contributed by atoms with E-state index in [1.165, 1.54) is 16.6 Å². The number of nitrogens with zero attached hydrogens (tertiary/aromatic N) is 2. The van der Waals surface area contributed by atoms with E-state index in [9.17, 15) is 8.42 Å². The molecule has 0 saturated carbocycles. The van der Waals surface area contributed by atoms with Crippen LogP contribution in [0.5, 0.6) is 0 Å². The summed E-state index contributed by atoms with van der Waals surface area (Å²) in [6.07, 6.45) is 2.22. The molecular weight excluding hydrogens is 314 g/mol. The number of nitrogens with one attached hydrogen (secondary N) is 1. The Hall–Kier alpha value is -0.890. The quantitative estimate of drug-likeness (QED) is 0.859. The first-order chi connectivity index (χ1) is 9.95. The van der Waals surface area contributed by atoms with Gasteiger partial charge >= 0.3 is 0 Å². The van der Waals surface area contributed by atoms with E-state index in [1.54, 1.807) is 7.05 Å². The molecule has 6 nitrogen and oxygen atoms in total. The standard InChI is InChI=1S/C13H20ClN3O3S/c1-3-15-13-12(14)6-11(7-16-13)21(18,19)17(2)8-10-4-5-20-9-10/h6-7,10H,3-5,8-9H2,1-2H3,(H,15,16). The van der Waals surface area contributed by atoms with E-state index in [-0.39, 0.29) is 10.8 Å². The average molecular weight is 334 g/mol. The molecule has 1 saturated heterocycles. The molecule has 2 heterocycles. The largest absolute Gasteiger partial charge is 0.381 e. The van der Waals surface area contributed by atoms with Crippen molar-refractivity contribution in [1.29, 1.82) is 0 Å². The Labute approximate surface area is 130 Å². The number of halogens is 1. The zero-order valence-electron chi connectivity index (χ0n) is 12.2. The van der Waals surface area contributed by atoms with Crippen LogP contribution in [0, 0.1) is 5.92 Å². The van der Waals surface area contributed by atoms with Crippen molar-refractivity contribution in [3.63, 3.8) is 0 Å². The summed E-state index contributed by atoms with van der Waals surface area (Å²) in [5, 5.41) is 3.28. The molecule has 0 spiro atoms. The number of hydrogen-bond acceptors (Lipinski definition) is 5. The molecule has 2 rings (SSSR count). The summed E-state index contributed by atoms with van der Waals surface area (Å²) in [5.41, 5.74) is 0. The highest BCUT2D eigenvalue weighted by atomic mass is 35.5. The lowest BCUT2D eigenvalue weighted by molar-refractivity contribution is 0.182. The highest BCUT2D eigenvalue weighted by molar-refractivity contribution is 7.89. The maximum atomic E-state index is 12.5. The number of ether oxygens (including phenoxy) is 1. The van der Waals surface area contributed by atoms with E-state index in [2.05, 4.69) is 10.3 Å². The normalized spacial score (nSPS) is 19.1. The minimum Gasteiger partial charge on any atom is -0.381 e. The highest BCUT2D eigenvalue weighted by Crippen LogP contribution is 2.25. The lowest BCUT2D eigenvalue weighted by atomic mass is 10.1. The van der Waals surface area contributed by atoms with Crippen molar-refractivity contribution in [2.45, 2.75) is 18.2 Å². The molecule has 8 heteroatoms. The molecular formula is C13H20ClN3O3S. The highest BCUT2D eigenvalue weighted by Gasteiger charge is 2.26. The van der Waals surface area contributed by atoms with E-state index >= 15 is 0 Å². The van der Waals surface area contributed by atoms with Crippen LogP contribution in [-0.4, -0.2) is 51.1 Å². The summed E-state index contributed by atoms with van der Waals surface area (Å²) in [6.45, 7) is 4.33. The van der Waals surface area contributed by atoms with Crippen molar-refractivity contribution in [2.75, 3.05) is 38.7 Å². The third kappa shape index (κ3) is 3.85. The van der Waals surface area contributed by atoms with Crippen LogP contribution in [0.2, 0.25) is 5.02 Å². The van der Waals surface area contributed by atoms with Crippen molar-refractivity contribution in [2.24, 2.45) is 5.92 Å². The molecule has 1 unspecified atom stereocenters. The molecule has 1 aromatic rings. The average Bonchev–Trinajstić information content (AvgIpc) is 2.94. The molecule has 0 bridgehead atoms. The molecule has 118 valence electrons. The zero-order valence-corrected chi connectivity index (χ0v) is 13.7. The van der Waals surface area contributed by atoms with Crippen molar-refractivity contribution in [3.8, 4) is 0 Å². The van der Waals surface area contributed by atoms with E-state index in [0.717, 1.165) is 6.42 Å². The zero-order chi connectivity index (χ0) is 15.5. The summed E-state index contributed by atoms with van der Waals surface area (Å²) in [5.74, 6) is 0.735. The summed E-state index contributed by atoms with van der Waals surface area (Å²) < 4.78 is 31.6. The van der Waals surface area contributed by atoms with Crippen LogP contribution < -0.4 is 5.32 Å². The van der Waals surface area contributed by atoms with Crippen molar-refractivity contribution in [1.82, 2.24) is 9.29 Å². The van der Waals surface area contributed by atoms with Gasteiger partial charge in [0, 0.05) is 32.9 Å². The molecule has 0 aromatic carbocycles. The van der Waals surface area contributed by atoms with Crippen LogP contribution in [0.1, 0.15) is 13.3 Å². The van der Waals surface area contributed by atoms with Gasteiger partial charge in [-0.25, -0.2) is 17.7 Å². The second-order valence-corrected chi connectivity index (χ2v) is 7.50. The van der Waals surface area contributed by atoms with Gasteiger partial charge in [-0.3, -0.25) is 0 Å². The first kappa shape index (κ1) is 16.5. The van der Waals surface area contributed by atoms with E-state index < -0.39 is 10.0 Å². The van der Waals surface area contributed by atoms with Gasteiger partial charge in [0.1, 0.15) is 10.7 Å². The van der Waals surface area contributed by atoms with E-state index in [1.807, 2.05) is 6.92 Å². The van der Waals surface area contributed by atoms with Gasteiger partial charge in [-0.15, -0.1) is 0 Å². The fourth-order valence-electron chi connectivity index (χ4n) is 2.23. The SMILES string of the molecule is CCNc1ncc(S(=O)(=O)N(C)CC2CCOC2)cc1Cl. The summed E-state index contributed by atoms with van der Waals surface area (Å²) in [4.78, 5) is 4.18. The Morgan fingerprint density at radius 3 is 2.90 bits per heavy atom. The fraction of sp³-hybridized carbons (Fsp3) is 0.615. The van der Waals surface area contributed by atoms with Crippen LogP contribution in [0.25, 0.3) is 0 Å². The number of aromatic nitrogens is 1. The number of anilines is 1. The molecule has 21 heavy (non-hydrogen) atoms. The van der Waals surface area contributed by atoms with Gasteiger partial charge < -0.3 is 10.1 Å². The van der Waals surface area contributed by atoms with Crippen molar-refractivity contribution in [3.05, 3.63) is 17.3 Å². The minimum atomic E-state index is -3.58. The molecule has 1 fully saturated rings. The first-order valence-electron chi connectivity index (χ1n) is 6.88. The smallest absolute Gasteiger partial charge is 0.244 e. The van der Waals surface area contributed by atoms with Gasteiger partial charge in [-0.2, -0.15) is 0 Å². The van der Waals surface area contributed by atoms with Crippen molar-refractivity contribution < 1.29 is 13.2 Å². The molecule has 0 radical (unpaired) electrons. The minimum absolute atomic E-state index is 0.107. The van der Waals surface area contributed by atoms with Gasteiger partial charge in [0.15, 0.2) is 0 Å². The second-order valence-electron chi connectivity index (χ2n) is 5.05. The van der Waals surface area contributed by atoms with Crippen molar-refractivity contribution >= 4 is 27.4 Å². The Balaban J connectivity index is 2.16. The van der Waals surface area contributed by atoms with E-state index in [0.29, 0.717) is 37.1 Å². The molecule has 0 amide bonds. The molecule has 1 aromatic heterocycles. The third-order valence-corrected chi connectivity index (χ3v) is 5.48. The lowest BCUT2D eigenvalue weighted by Gasteiger charge is -2.20. The molecule has 1 atom stereocenters. The first-order valence-corrected chi connectivity index (χ1v) is 8.70. The maximum absolute atomic E-state index is 12.5. The van der Waals surface area contributed by atoms with Gasteiger partial charge in [0.05, 0.1) is 11.6 Å². The second kappa shape index (κ2) is 6.91. The monoisotopic (exact) mass is 333 g/mol. The van der Waals surface area contributed by atoms with Crippen LogP contribution in [-0.2, 0) is 14.8 Å². The van der Waals surface area contributed by atoms with Gasteiger partial charge in [0.25, 0.3) is 0 Å². The molecule has 1 aliphatic heterocycles. The fourth-order valence-corrected chi connectivity index (χ4v) is 3.75. The van der Waals surface area contributed by atoms with Gasteiger partial charge in [0.2, 0.25) is 10.0 Å². The lowest BCUT2D eigenvalue weighted by Crippen LogP contribution is -2.32.